The first kappa shape index (κ1) is 6.59. The minimum atomic E-state index is 0.157. The Morgan fingerprint density at radius 2 is 1.45 bits per heavy atom. The second-order valence-electron chi connectivity index (χ2n) is 3.02. The number of hydrogen-bond acceptors (Lipinski definition) is 1. The summed E-state index contributed by atoms with van der Waals surface area (Å²) in [4.78, 5) is 10.7. The summed E-state index contributed by atoms with van der Waals surface area (Å²) < 4.78 is 0. The summed E-state index contributed by atoms with van der Waals surface area (Å²) in [5.74, 6) is 0.838. The van der Waals surface area contributed by atoms with Gasteiger partial charge in [-0.2, -0.15) is 0 Å². The fourth-order valence-corrected chi connectivity index (χ4v) is 1.72. The molecule has 0 aromatic carbocycles. The second kappa shape index (κ2) is 2.50. The molecule has 2 aliphatic rings. The molecule has 0 heterocycles. The maximum Gasteiger partial charge on any atom is 0.124 e. The Labute approximate surface area is 66.1 Å². The summed E-state index contributed by atoms with van der Waals surface area (Å²) in [5.41, 5.74) is 0. The Hall–Kier alpha value is -1.11. The lowest BCUT2D eigenvalue weighted by Crippen LogP contribution is -2.13. The predicted octanol–water partition coefficient (Wildman–Crippen LogP) is 1.73. The maximum absolute atomic E-state index is 10.7. The molecular weight excluding hydrogens is 136 g/mol. The van der Waals surface area contributed by atoms with Gasteiger partial charge in [-0.25, -0.2) is 0 Å². The Balaban J connectivity index is 2.34. The van der Waals surface area contributed by atoms with Crippen LogP contribution in [0.5, 0.6) is 0 Å². The van der Waals surface area contributed by atoms with Crippen LogP contribution in [-0.4, -0.2) is 6.29 Å². The first-order valence-corrected chi connectivity index (χ1v) is 3.90. The number of fused-ring (bicyclic) bond motifs is 2. The molecule has 1 nitrogen and oxygen atoms in total. The Kier molecular flexibility index (Phi) is 1.50. The van der Waals surface area contributed by atoms with Crippen molar-refractivity contribution in [2.45, 2.75) is 0 Å². The van der Waals surface area contributed by atoms with Crippen molar-refractivity contribution in [3.8, 4) is 0 Å². The zero-order valence-corrected chi connectivity index (χ0v) is 6.18. The minimum Gasteiger partial charge on any atom is -0.303 e. The lowest BCUT2D eigenvalue weighted by molar-refractivity contribution is -0.112. The van der Waals surface area contributed by atoms with E-state index in [9.17, 15) is 4.79 Å². The standard InChI is InChI=1S/C10H10O/c11-7-10-8-3-1-2-4-9(10)6-5-8/h1-10H. The van der Waals surface area contributed by atoms with Crippen LogP contribution in [-0.2, 0) is 4.79 Å². The molecule has 0 aliphatic heterocycles. The summed E-state index contributed by atoms with van der Waals surface area (Å²) >= 11 is 0. The van der Waals surface area contributed by atoms with Gasteiger partial charge in [0.1, 0.15) is 6.29 Å². The molecule has 0 spiro atoms. The molecule has 2 bridgehead atoms. The number of hydrogen-bond donors (Lipinski definition) is 0. The second-order valence-corrected chi connectivity index (χ2v) is 3.02. The SMILES string of the molecule is O=CC1C2C=CC=CC1C=C2. The van der Waals surface area contributed by atoms with Crippen molar-refractivity contribution in [3.63, 3.8) is 0 Å². The maximum atomic E-state index is 10.7. The summed E-state index contributed by atoms with van der Waals surface area (Å²) in [6.07, 6.45) is 13.5. The average Bonchev–Trinajstić information content (AvgIpc) is 2.23. The third-order valence-corrected chi connectivity index (χ3v) is 2.38. The largest absolute Gasteiger partial charge is 0.303 e. The van der Waals surface area contributed by atoms with Gasteiger partial charge in [0.25, 0.3) is 0 Å². The summed E-state index contributed by atoms with van der Waals surface area (Å²) in [7, 11) is 0. The molecule has 56 valence electrons. The van der Waals surface area contributed by atoms with Crippen molar-refractivity contribution >= 4 is 6.29 Å². The van der Waals surface area contributed by atoms with E-state index in [-0.39, 0.29) is 5.92 Å². The minimum absolute atomic E-state index is 0.157. The van der Waals surface area contributed by atoms with Gasteiger partial charge in [-0.3, -0.25) is 0 Å². The van der Waals surface area contributed by atoms with E-state index < -0.39 is 0 Å². The highest BCUT2D eigenvalue weighted by atomic mass is 16.1. The Bertz CT molecular complexity index is 226. The van der Waals surface area contributed by atoms with Crippen LogP contribution in [0.2, 0.25) is 0 Å². The van der Waals surface area contributed by atoms with Gasteiger partial charge >= 0.3 is 0 Å². The van der Waals surface area contributed by atoms with Crippen LogP contribution in [0.1, 0.15) is 0 Å². The van der Waals surface area contributed by atoms with Gasteiger partial charge in [-0.15, -0.1) is 0 Å². The van der Waals surface area contributed by atoms with Crippen molar-refractivity contribution in [2.75, 3.05) is 0 Å². The predicted molar refractivity (Wildman–Crippen MR) is 44.0 cm³/mol. The van der Waals surface area contributed by atoms with Crippen LogP contribution in [0.3, 0.4) is 0 Å². The lowest BCUT2D eigenvalue weighted by atomic mass is 9.90. The van der Waals surface area contributed by atoms with E-state index in [0.717, 1.165) is 6.29 Å². The molecule has 2 unspecified atom stereocenters. The number of carbonyl (C=O) groups is 1. The number of rotatable bonds is 1. The summed E-state index contributed by atoms with van der Waals surface area (Å²) in [5, 5.41) is 0. The Morgan fingerprint density at radius 3 is 1.91 bits per heavy atom. The van der Waals surface area contributed by atoms with E-state index in [4.69, 9.17) is 0 Å². The molecule has 0 aromatic heterocycles. The van der Waals surface area contributed by atoms with Crippen LogP contribution >= 0.6 is 0 Å². The smallest absolute Gasteiger partial charge is 0.124 e. The van der Waals surface area contributed by atoms with E-state index in [0.29, 0.717) is 11.8 Å². The van der Waals surface area contributed by atoms with Crippen LogP contribution in [0, 0.1) is 17.8 Å². The van der Waals surface area contributed by atoms with Crippen molar-refractivity contribution in [3.05, 3.63) is 36.5 Å². The normalized spacial score (nSPS) is 39.1. The first-order valence-electron chi connectivity index (χ1n) is 3.90. The van der Waals surface area contributed by atoms with Gasteiger partial charge in [-0.1, -0.05) is 36.5 Å². The average molecular weight is 146 g/mol. The number of aldehydes is 1. The summed E-state index contributed by atoms with van der Waals surface area (Å²) in [6.45, 7) is 0. The molecule has 0 radical (unpaired) electrons. The van der Waals surface area contributed by atoms with Gasteiger partial charge in [-0.05, 0) is 0 Å². The van der Waals surface area contributed by atoms with Crippen molar-refractivity contribution in [2.24, 2.45) is 17.8 Å². The van der Waals surface area contributed by atoms with Crippen molar-refractivity contribution in [1.29, 1.82) is 0 Å². The molecule has 11 heavy (non-hydrogen) atoms. The van der Waals surface area contributed by atoms with Gasteiger partial charge in [0.2, 0.25) is 0 Å². The van der Waals surface area contributed by atoms with Gasteiger partial charge < -0.3 is 4.79 Å². The highest BCUT2D eigenvalue weighted by Crippen LogP contribution is 2.32. The molecule has 2 aliphatic carbocycles. The topological polar surface area (TPSA) is 17.1 Å². The molecule has 0 fully saturated rings. The van der Waals surface area contributed by atoms with Gasteiger partial charge in [0.15, 0.2) is 0 Å². The van der Waals surface area contributed by atoms with Gasteiger partial charge in [0, 0.05) is 17.8 Å². The molecule has 2 rings (SSSR count). The first-order chi connectivity index (χ1) is 5.42. The fourth-order valence-electron chi connectivity index (χ4n) is 1.72. The van der Waals surface area contributed by atoms with Gasteiger partial charge in [0.05, 0.1) is 0 Å². The molecule has 1 heteroatoms. The Morgan fingerprint density at radius 1 is 0.909 bits per heavy atom. The van der Waals surface area contributed by atoms with E-state index >= 15 is 0 Å². The quantitative estimate of drug-likeness (QED) is 0.406. The van der Waals surface area contributed by atoms with Crippen LogP contribution in [0.25, 0.3) is 0 Å². The third-order valence-electron chi connectivity index (χ3n) is 2.38. The summed E-state index contributed by atoms with van der Waals surface area (Å²) in [6, 6.07) is 0. The van der Waals surface area contributed by atoms with Crippen molar-refractivity contribution in [1.82, 2.24) is 0 Å². The molecule has 0 amide bonds. The van der Waals surface area contributed by atoms with E-state index in [1.54, 1.807) is 0 Å². The zero-order valence-electron chi connectivity index (χ0n) is 6.18. The van der Waals surface area contributed by atoms with Crippen molar-refractivity contribution < 1.29 is 4.79 Å². The highest BCUT2D eigenvalue weighted by molar-refractivity contribution is 5.59. The van der Waals surface area contributed by atoms with Crippen LogP contribution < -0.4 is 0 Å². The molecule has 0 aromatic rings. The lowest BCUT2D eigenvalue weighted by Gasteiger charge is -2.11. The number of carbonyl (C=O) groups excluding carboxylic acids is 1. The molecule has 0 saturated carbocycles. The fraction of sp³-hybridized carbons (Fsp3) is 0.300. The van der Waals surface area contributed by atoms with Crippen LogP contribution in [0.15, 0.2) is 36.5 Å². The van der Waals surface area contributed by atoms with E-state index in [1.165, 1.54) is 0 Å². The van der Waals surface area contributed by atoms with E-state index in [2.05, 4.69) is 24.3 Å². The monoisotopic (exact) mass is 146 g/mol. The zero-order chi connectivity index (χ0) is 7.68. The third kappa shape index (κ3) is 0.967. The molecular formula is C10H10O. The highest BCUT2D eigenvalue weighted by Gasteiger charge is 2.28. The molecule has 0 N–H and O–H groups in total. The molecule has 2 atom stereocenters. The number of allylic oxidation sites excluding steroid dienone is 6. The molecule has 0 saturated heterocycles. The van der Waals surface area contributed by atoms with E-state index in [1.807, 2.05) is 12.2 Å². The van der Waals surface area contributed by atoms with Crippen LogP contribution in [0.4, 0.5) is 0 Å².